The maximum atomic E-state index is 11.9. The summed E-state index contributed by atoms with van der Waals surface area (Å²) in [4.78, 5) is 11.9. The van der Waals surface area contributed by atoms with E-state index >= 15 is 0 Å². The quantitative estimate of drug-likeness (QED) is 0.585. The van der Waals surface area contributed by atoms with Crippen LogP contribution < -0.4 is 4.74 Å². The van der Waals surface area contributed by atoms with Crippen molar-refractivity contribution in [1.29, 1.82) is 0 Å². The van der Waals surface area contributed by atoms with E-state index < -0.39 is 0 Å². The number of carbonyl (C=O) groups is 1. The summed E-state index contributed by atoms with van der Waals surface area (Å²) in [6.07, 6.45) is 5.56. The summed E-state index contributed by atoms with van der Waals surface area (Å²) >= 11 is 0. The number of ether oxygens (including phenoxy) is 1. The van der Waals surface area contributed by atoms with Crippen molar-refractivity contribution in [3.05, 3.63) is 30.3 Å². The van der Waals surface area contributed by atoms with Crippen LogP contribution in [0, 0.1) is 11.8 Å². The van der Waals surface area contributed by atoms with Gasteiger partial charge in [-0.1, -0.05) is 31.5 Å². The SMILES string of the molecule is CCC1CCC(C(=O)Oc2ccccc2)CC1. The lowest BCUT2D eigenvalue weighted by molar-refractivity contribution is -0.140. The van der Waals surface area contributed by atoms with Crippen LogP contribution in [0.25, 0.3) is 0 Å². The summed E-state index contributed by atoms with van der Waals surface area (Å²) in [5.41, 5.74) is 0. The minimum absolute atomic E-state index is 0.0502. The van der Waals surface area contributed by atoms with Gasteiger partial charge >= 0.3 is 5.97 Å². The van der Waals surface area contributed by atoms with Crippen LogP contribution in [0.4, 0.5) is 0 Å². The highest BCUT2D eigenvalue weighted by atomic mass is 16.5. The van der Waals surface area contributed by atoms with E-state index in [0.717, 1.165) is 18.8 Å². The van der Waals surface area contributed by atoms with Gasteiger partial charge in [-0.25, -0.2) is 0 Å². The largest absolute Gasteiger partial charge is 0.426 e. The summed E-state index contributed by atoms with van der Waals surface area (Å²) in [7, 11) is 0. The summed E-state index contributed by atoms with van der Waals surface area (Å²) in [6, 6.07) is 9.35. The van der Waals surface area contributed by atoms with E-state index in [1.54, 1.807) is 0 Å². The third-order valence-corrected chi connectivity index (χ3v) is 3.72. The highest BCUT2D eigenvalue weighted by Gasteiger charge is 2.26. The van der Waals surface area contributed by atoms with Crippen LogP contribution in [0.1, 0.15) is 39.0 Å². The van der Waals surface area contributed by atoms with Crippen molar-refractivity contribution < 1.29 is 9.53 Å². The number of benzene rings is 1. The molecule has 0 heterocycles. The predicted molar refractivity (Wildman–Crippen MR) is 67.8 cm³/mol. The molecule has 2 nitrogen and oxygen atoms in total. The molecule has 0 aromatic heterocycles. The molecule has 92 valence electrons. The van der Waals surface area contributed by atoms with Gasteiger partial charge < -0.3 is 4.74 Å². The van der Waals surface area contributed by atoms with Gasteiger partial charge in [-0.2, -0.15) is 0 Å². The van der Waals surface area contributed by atoms with E-state index in [2.05, 4.69) is 6.92 Å². The molecule has 1 fully saturated rings. The average molecular weight is 232 g/mol. The second-order valence-electron chi connectivity index (χ2n) is 4.86. The third-order valence-electron chi connectivity index (χ3n) is 3.72. The molecule has 0 amide bonds. The van der Waals surface area contributed by atoms with Crippen LogP contribution in [0.3, 0.4) is 0 Å². The molecular formula is C15H20O2. The Hall–Kier alpha value is -1.31. The highest BCUT2D eigenvalue weighted by molar-refractivity contribution is 5.75. The molecule has 2 rings (SSSR count). The predicted octanol–water partition coefficient (Wildman–Crippen LogP) is 3.81. The molecular weight excluding hydrogens is 212 g/mol. The first-order valence-electron chi connectivity index (χ1n) is 6.56. The molecule has 0 unspecified atom stereocenters. The Morgan fingerprint density at radius 3 is 2.41 bits per heavy atom. The molecule has 0 N–H and O–H groups in total. The minimum atomic E-state index is -0.0502. The van der Waals surface area contributed by atoms with E-state index in [1.807, 2.05) is 30.3 Å². The van der Waals surface area contributed by atoms with E-state index in [1.165, 1.54) is 19.3 Å². The zero-order valence-electron chi connectivity index (χ0n) is 10.4. The number of carbonyl (C=O) groups excluding carboxylic acids is 1. The van der Waals surface area contributed by atoms with Gasteiger partial charge in [0.05, 0.1) is 5.92 Å². The second-order valence-corrected chi connectivity index (χ2v) is 4.86. The number of esters is 1. The van der Waals surface area contributed by atoms with Crippen molar-refractivity contribution in [3.63, 3.8) is 0 Å². The average Bonchev–Trinajstić information content (AvgIpc) is 2.40. The molecule has 1 aromatic carbocycles. The van der Waals surface area contributed by atoms with Crippen LogP contribution in [0.5, 0.6) is 5.75 Å². The first kappa shape index (κ1) is 12.2. The number of hydrogen-bond acceptors (Lipinski definition) is 2. The maximum Gasteiger partial charge on any atom is 0.314 e. The smallest absolute Gasteiger partial charge is 0.314 e. The molecule has 1 aromatic rings. The summed E-state index contributed by atoms with van der Waals surface area (Å²) < 4.78 is 5.38. The fraction of sp³-hybridized carbons (Fsp3) is 0.533. The molecule has 0 radical (unpaired) electrons. The first-order chi connectivity index (χ1) is 8.29. The highest BCUT2D eigenvalue weighted by Crippen LogP contribution is 2.31. The molecule has 0 spiro atoms. The third kappa shape index (κ3) is 3.32. The van der Waals surface area contributed by atoms with Gasteiger partial charge in [0.15, 0.2) is 0 Å². The molecule has 0 atom stereocenters. The van der Waals surface area contributed by atoms with Crippen molar-refractivity contribution in [3.8, 4) is 5.75 Å². The Labute approximate surface area is 103 Å². The Morgan fingerprint density at radius 2 is 1.82 bits per heavy atom. The van der Waals surface area contributed by atoms with Gasteiger partial charge in [-0.15, -0.1) is 0 Å². The van der Waals surface area contributed by atoms with Crippen LogP contribution in [-0.4, -0.2) is 5.97 Å². The van der Waals surface area contributed by atoms with Crippen LogP contribution in [0.2, 0.25) is 0 Å². The molecule has 1 aliphatic rings. The Morgan fingerprint density at radius 1 is 1.18 bits per heavy atom. The monoisotopic (exact) mass is 232 g/mol. The lowest BCUT2D eigenvalue weighted by atomic mass is 9.81. The van der Waals surface area contributed by atoms with E-state index in [0.29, 0.717) is 5.75 Å². The summed E-state index contributed by atoms with van der Waals surface area (Å²) in [6.45, 7) is 2.23. The minimum Gasteiger partial charge on any atom is -0.426 e. The molecule has 0 bridgehead atoms. The Balaban J connectivity index is 1.85. The van der Waals surface area contributed by atoms with Gasteiger partial charge in [0.2, 0.25) is 0 Å². The standard InChI is InChI=1S/C15H20O2/c1-2-12-8-10-13(11-9-12)15(16)17-14-6-4-3-5-7-14/h3-7,12-13H,2,8-11H2,1H3. The van der Waals surface area contributed by atoms with Crippen LogP contribution >= 0.6 is 0 Å². The van der Waals surface area contributed by atoms with Gasteiger partial charge in [0.25, 0.3) is 0 Å². The molecule has 2 heteroatoms. The van der Waals surface area contributed by atoms with Gasteiger partial charge in [-0.3, -0.25) is 4.79 Å². The van der Waals surface area contributed by atoms with Crippen LogP contribution in [0.15, 0.2) is 30.3 Å². The van der Waals surface area contributed by atoms with Gasteiger partial charge in [0, 0.05) is 0 Å². The Bertz CT molecular complexity index is 350. The summed E-state index contributed by atoms with van der Waals surface area (Å²) in [5.74, 6) is 1.54. The zero-order chi connectivity index (χ0) is 12.1. The summed E-state index contributed by atoms with van der Waals surface area (Å²) in [5, 5.41) is 0. The van der Waals surface area contributed by atoms with Crippen molar-refractivity contribution in [2.75, 3.05) is 0 Å². The molecule has 0 saturated heterocycles. The van der Waals surface area contributed by atoms with Crippen molar-refractivity contribution in [2.45, 2.75) is 39.0 Å². The molecule has 17 heavy (non-hydrogen) atoms. The normalized spacial score (nSPS) is 24.3. The second kappa shape index (κ2) is 5.85. The van der Waals surface area contributed by atoms with Crippen LogP contribution in [-0.2, 0) is 4.79 Å². The number of para-hydroxylation sites is 1. The molecule has 1 saturated carbocycles. The van der Waals surface area contributed by atoms with Gasteiger partial charge in [-0.05, 0) is 43.7 Å². The zero-order valence-corrected chi connectivity index (χ0v) is 10.4. The van der Waals surface area contributed by atoms with Gasteiger partial charge in [0.1, 0.15) is 5.75 Å². The maximum absolute atomic E-state index is 11.9. The lowest BCUT2D eigenvalue weighted by Gasteiger charge is -2.26. The fourth-order valence-corrected chi connectivity index (χ4v) is 2.49. The van der Waals surface area contributed by atoms with Crippen molar-refractivity contribution >= 4 is 5.97 Å². The first-order valence-corrected chi connectivity index (χ1v) is 6.56. The Kier molecular flexibility index (Phi) is 4.18. The molecule has 1 aliphatic carbocycles. The van der Waals surface area contributed by atoms with Crippen molar-refractivity contribution in [1.82, 2.24) is 0 Å². The van der Waals surface area contributed by atoms with E-state index in [9.17, 15) is 4.79 Å². The molecule has 0 aliphatic heterocycles. The van der Waals surface area contributed by atoms with E-state index in [4.69, 9.17) is 4.74 Å². The number of hydrogen-bond donors (Lipinski definition) is 0. The topological polar surface area (TPSA) is 26.3 Å². The lowest BCUT2D eigenvalue weighted by Crippen LogP contribution is -2.25. The number of rotatable bonds is 3. The van der Waals surface area contributed by atoms with E-state index in [-0.39, 0.29) is 11.9 Å². The fourth-order valence-electron chi connectivity index (χ4n) is 2.49. The van der Waals surface area contributed by atoms with Crippen molar-refractivity contribution in [2.24, 2.45) is 11.8 Å².